The number of nitrogens with zero attached hydrogens (tertiary/aromatic N) is 1. The number of ether oxygens (including phenoxy) is 2. The van der Waals surface area contributed by atoms with Crippen LogP contribution in [0.4, 0.5) is 5.69 Å². The Balaban J connectivity index is 1.55. The molecule has 148 valence electrons. The number of amides is 2. The number of carbonyl (C=O) groups excluding carboxylic acids is 2. The van der Waals surface area contributed by atoms with Gasteiger partial charge in [0.15, 0.2) is 0 Å². The van der Waals surface area contributed by atoms with Gasteiger partial charge in [0.25, 0.3) is 5.91 Å². The van der Waals surface area contributed by atoms with Crippen molar-refractivity contribution in [2.45, 2.75) is 25.7 Å². The largest absolute Gasteiger partial charge is 0.497 e. The molecule has 1 aliphatic heterocycles. The molecule has 1 saturated heterocycles. The fourth-order valence-corrected chi connectivity index (χ4v) is 3.35. The van der Waals surface area contributed by atoms with Crippen LogP contribution in [0.5, 0.6) is 11.5 Å². The van der Waals surface area contributed by atoms with E-state index < -0.39 is 0 Å². The van der Waals surface area contributed by atoms with E-state index in [4.69, 9.17) is 9.47 Å². The molecular weight excluding hydrogens is 356 g/mol. The fraction of sp³-hybridized carbons (Fsp3) is 0.364. The number of hydrogen-bond donors (Lipinski definition) is 1. The first-order valence-corrected chi connectivity index (χ1v) is 9.51. The molecule has 0 bridgehead atoms. The number of rotatable bonds is 7. The van der Waals surface area contributed by atoms with Crippen LogP contribution in [0.1, 0.15) is 35.2 Å². The van der Waals surface area contributed by atoms with Crippen molar-refractivity contribution < 1.29 is 19.1 Å². The number of methoxy groups -OCH3 is 2. The molecule has 0 atom stereocenters. The first-order chi connectivity index (χ1) is 13.6. The van der Waals surface area contributed by atoms with E-state index in [2.05, 4.69) is 5.32 Å². The summed E-state index contributed by atoms with van der Waals surface area (Å²) in [4.78, 5) is 26.5. The first kappa shape index (κ1) is 19.7. The highest BCUT2D eigenvalue weighted by atomic mass is 16.5. The predicted molar refractivity (Wildman–Crippen MR) is 108 cm³/mol. The molecule has 2 amide bonds. The van der Waals surface area contributed by atoms with E-state index in [1.54, 1.807) is 38.5 Å². The molecule has 1 N–H and O–H groups in total. The zero-order chi connectivity index (χ0) is 19.9. The van der Waals surface area contributed by atoms with Crippen molar-refractivity contribution in [3.8, 4) is 11.5 Å². The monoisotopic (exact) mass is 382 g/mol. The number of carbonyl (C=O) groups is 2. The number of likely N-dealkylation sites (tertiary alicyclic amines) is 1. The number of hydrogen-bond acceptors (Lipinski definition) is 4. The highest BCUT2D eigenvalue weighted by Gasteiger charge is 2.19. The molecule has 2 aromatic rings. The highest BCUT2D eigenvalue weighted by Crippen LogP contribution is 2.25. The summed E-state index contributed by atoms with van der Waals surface area (Å²) in [5.41, 5.74) is 2.25. The Morgan fingerprint density at radius 3 is 2.36 bits per heavy atom. The molecule has 28 heavy (non-hydrogen) atoms. The van der Waals surface area contributed by atoms with Gasteiger partial charge in [0.05, 0.1) is 14.2 Å². The van der Waals surface area contributed by atoms with Crippen LogP contribution in [0.25, 0.3) is 0 Å². The number of benzene rings is 2. The zero-order valence-electron chi connectivity index (χ0n) is 16.4. The minimum atomic E-state index is -0.0940. The van der Waals surface area contributed by atoms with Gasteiger partial charge in [0.1, 0.15) is 11.5 Å². The van der Waals surface area contributed by atoms with Gasteiger partial charge in [0, 0.05) is 30.8 Å². The average Bonchev–Trinajstić information content (AvgIpc) is 3.27. The Morgan fingerprint density at radius 2 is 1.71 bits per heavy atom. The maximum Gasteiger partial charge on any atom is 0.253 e. The number of anilines is 1. The molecule has 0 spiro atoms. The molecule has 0 radical (unpaired) electrons. The van der Waals surface area contributed by atoms with Crippen LogP contribution in [0, 0.1) is 0 Å². The SMILES string of the molecule is COc1ccc(OC)c(CCC(=O)Nc2ccc(C(=O)N3CCCC3)cc2)c1. The van der Waals surface area contributed by atoms with Gasteiger partial charge in [0.2, 0.25) is 5.91 Å². The smallest absolute Gasteiger partial charge is 0.253 e. The van der Waals surface area contributed by atoms with Gasteiger partial charge in [-0.15, -0.1) is 0 Å². The standard InChI is InChI=1S/C22H26N2O4/c1-27-19-10-11-20(28-2)17(15-19)7-12-21(25)23-18-8-5-16(6-9-18)22(26)24-13-3-4-14-24/h5-6,8-11,15H,3-4,7,12-14H2,1-2H3,(H,23,25). The van der Waals surface area contributed by atoms with E-state index in [-0.39, 0.29) is 11.8 Å². The van der Waals surface area contributed by atoms with Gasteiger partial charge >= 0.3 is 0 Å². The van der Waals surface area contributed by atoms with Crippen LogP contribution in [-0.2, 0) is 11.2 Å². The van der Waals surface area contributed by atoms with Gasteiger partial charge in [-0.25, -0.2) is 0 Å². The third kappa shape index (κ3) is 4.82. The van der Waals surface area contributed by atoms with Gasteiger partial charge in [-0.3, -0.25) is 9.59 Å². The van der Waals surface area contributed by atoms with Crippen molar-refractivity contribution in [1.29, 1.82) is 0 Å². The van der Waals surface area contributed by atoms with Crippen LogP contribution in [-0.4, -0.2) is 44.0 Å². The topological polar surface area (TPSA) is 67.9 Å². The Kier molecular flexibility index (Phi) is 6.53. The van der Waals surface area contributed by atoms with Crippen molar-refractivity contribution in [1.82, 2.24) is 4.90 Å². The summed E-state index contributed by atoms with van der Waals surface area (Å²) in [6.45, 7) is 1.65. The molecule has 6 heteroatoms. The van der Waals surface area contributed by atoms with E-state index in [0.29, 0.717) is 24.1 Å². The molecule has 0 aromatic heterocycles. The Labute approximate surface area is 165 Å². The summed E-state index contributed by atoms with van der Waals surface area (Å²) < 4.78 is 10.6. The van der Waals surface area contributed by atoms with Crippen LogP contribution >= 0.6 is 0 Å². The first-order valence-electron chi connectivity index (χ1n) is 9.51. The average molecular weight is 382 g/mol. The molecule has 6 nitrogen and oxygen atoms in total. The second kappa shape index (κ2) is 9.26. The van der Waals surface area contributed by atoms with Crippen molar-refractivity contribution in [2.75, 3.05) is 32.6 Å². The second-order valence-corrected chi connectivity index (χ2v) is 6.80. The quantitative estimate of drug-likeness (QED) is 0.796. The van der Waals surface area contributed by atoms with Gasteiger partial charge in [-0.2, -0.15) is 0 Å². The van der Waals surface area contributed by atoms with E-state index in [9.17, 15) is 9.59 Å². The lowest BCUT2D eigenvalue weighted by Crippen LogP contribution is -2.27. The molecule has 1 aliphatic rings. The lowest BCUT2D eigenvalue weighted by atomic mass is 10.1. The molecule has 2 aromatic carbocycles. The molecule has 1 fully saturated rings. The lowest BCUT2D eigenvalue weighted by molar-refractivity contribution is -0.116. The van der Waals surface area contributed by atoms with E-state index in [1.807, 2.05) is 23.1 Å². The van der Waals surface area contributed by atoms with Crippen LogP contribution in [0.3, 0.4) is 0 Å². The number of aryl methyl sites for hydroxylation is 1. The second-order valence-electron chi connectivity index (χ2n) is 6.80. The van der Waals surface area contributed by atoms with E-state index in [1.165, 1.54) is 0 Å². The maximum atomic E-state index is 12.4. The van der Waals surface area contributed by atoms with Gasteiger partial charge in [-0.05, 0) is 67.3 Å². The third-order valence-corrected chi connectivity index (χ3v) is 4.92. The van der Waals surface area contributed by atoms with E-state index >= 15 is 0 Å². The molecule has 0 aliphatic carbocycles. The zero-order valence-corrected chi connectivity index (χ0v) is 16.4. The van der Waals surface area contributed by atoms with Gasteiger partial charge in [-0.1, -0.05) is 0 Å². The molecule has 0 unspecified atom stereocenters. The Bertz CT molecular complexity index is 827. The summed E-state index contributed by atoms with van der Waals surface area (Å²) in [5, 5.41) is 2.88. The highest BCUT2D eigenvalue weighted by molar-refractivity contribution is 5.96. The summed E-state index contributed by atoms with van der Waals surface area (Å²) in [5.74, 6) is 1.43. The maximum absolute atomic E-state index is 12.4. The van der Waals surface area contributed by atoms with Crippen molar-refractivity contribution in [3.05, 3.63) is 53.6 Å². The molecule has 3 rings (SSSR count). The normalized spacial score (nSPS) is 13.3. The van der Waals surface area contributed by atoms with Crippen LogP contribution in [0.15, 0.2) is 42.5 Å². The van der Waals surface area contributed by atoms with E-state index in [0.717, 1.165) is 43.0 Å². The van der Waals surface area contributed by atoms with Crippen molar-refractivity contribution in [2.24, 2.45) is 0 Å². The number of nitrogens with one attached hydrogen (secondary N) is 1. The predicted octanol–water partition coefficient (Wildman–Crippen LogP) is 3.51. The molecule has 0 saturated carbocycles. The Morgan fingerprint density at radius 1 is 1.00 bits per heavy atom. The lowest BCUT2D eigenvalue weighted by Gasteiger charge is -2.15. The van der Waals surface area contributed by atoms with Crippen LogP contribution in [0.2, 0.25) is 0 Å². The summed E-state index contributed by atoms with van der Waals surface area (Å²) in [6.07, 6.45) is 2.99. The summed E-state index contributed by atoms with van der Waals surface area (Å²) in [7, 11) is 3.22. The molecule has 1 heterocycles. The third-order valence-electron chi connectivity index (χ3n) is 4.92. The fourth-order valence-electron chi connectivity index (χ4n) is 3.35. The Hall–Kier alpha value is -3.02. The minimum Gasteiger partial charge on any atom is -0.497 e. The molecular formula is C22H26N2O4. The summed E-state index contributed by atoms with van der Waals surface area (Å²) in [6, 6.07) is 12.6. The summed E-state index contributed by atoms with van der Waals surface area (Å²) >= 11 is 0. The van der Waals surface area contributed by atoms with Crippen molar-refractivity contribution >= 4 is 17.5 Å². The van der Waals surface area contributed by atoms with Crippen molar-refractivity contribution in [3.63, 3.8) is 0 Å². The minimum absolute atomic E-state index is 0.0560. The van der Waals surface area contributed by atoms with Gasteiger partial charge < -0.3 is 19.7 Å². The van der Waals surface area contributed by atoms with Crippen LogP contribution < -0.4 is 14.8 Å².